The van der Waals surface area contributed by atoms with Gasteiger partial charge in [-0.1, -0.05) is 18.6 Å². The molecule has 1 aromatic carbocycles. The smallest absolute Gasteiger partial charge is 0.119 e. The molecular formula is C22H32N4O. The highest BCUT2D eigenvalue weighted by atomic mass is 16.5. The maximum absolute atomic E-state index is 5.86. The van der Waals surface area contributed by atoms with Gasteiger partial charge < -0.3 is 9.30 Å². The molecule has 146 valence electrons. The van der Waals surface area contributed by atoms with E-state index in [1.165, 1.54) is 44.5 Å². The van der Waals surface area contributed by atoms with Crippen molar-refractivity contribution in [3.8, 4) is 5.75 Å². The summed E-state index contributed by atoms with van der Waals surface area (Å²) in [5.74, 6) is 0.966. The number of imidazole rings is 1. The topological polar surface area (TPSA) is 33.5 Å². The quantitative estimate of drug-likeness (QED) is 0.669. The van der Waals surface area contributed by atoms with Crippen LogP contribution in [0.1, 0.15) is 38.2 Å². The summed E-state index contributed by atoms with van der Waals surface area (Å²) in [7, 11) is 0. The van der Waals surface area contributed by atoms with E-state index in [-0.39, 0.29) is 0 Å². The van der Waals surface area contributed by atoms with E-state index in [4.69, 9.17) is 4.74 Å². The molecule has 1 aromatic heterocycles. The van der Waals surface area contributed by atoms with Crippen LogP contribution in [0.2, 0.25) is 0 Å². The normalized spacial score (nSPS) is 21.9. The molecule has 0 unspecified atom stereocenters. The minimum atomic E-state index is 0.735. The third-order valence-electron chi connectivity index (χ3n) is 5.98. The summed E-state index contributed by atoms with van der Waals surface area (Å²) in [5, 5.41) is 0. The van der Waals surface area contributed by atoms with E-state index in [2.05, 4.69) is 50.5 Å². The Bertz CT molecular complexity index is 679. The van der Waals surface area contributed by atoms with Crippen LogP contribution >= 0.6 is 0 Å². The van der Waals surface area contributed by atoms with Gasteiger partial charge in [0, 0.05) is 50.7 Å². The van der Waals surface area contributed by atoms with Gasteiger partial charge in [-0.15, -0.1) is 0 Å². The number of likely N-dealkylation sites (tertiary alicyclic amines) is 2. The van der Waals surface area contributed by atoms with Gasteiger partial charge in [-0.3, -0.25) is 9.80 Å². The van der Waals surface area contributed by atoms with Gasteiger partial charge in [-0.2, -0.15) is 0 Å². The molecule has 0 radical (unpaired) electrons. The Labute approximate surface area is 162 Å². The zero-order valence-electron chi connectivity index (χ0n) is 16.5. The van der Waals surface area contributed by atoms with Gasteiger partial charge in [0.2, 0.25) is 0 Å². The molecule has 0 saturated carbocycles. The van der Waals surface area contributed by atoms with Crippen LogP contribution < -0.4 is 4.74 Å². The van der Waals surface area contributed by atoms with Gasteiger partial charge >= 0.3 is 0 Å². The van der Waals surface area contributed by atoms with Crippen molar-refractivity contribution in [1.29, 1.82) is 0 Å². The maximum atomic E-state index is 5.86. The van der Waals surface area contributed by atoms with Crippen LogP contribution in [0.4, 0.5) is 0 Å². The lowest BCUT2D eigenvalue weighted by molar-refractivity contribution is -0.00621. The van der Waals surface area contributed by atoms with Gasteiger partial charge in [0.05, 0.1) is 12.9 Å². The lowest BCUT2D eigenvalue weighted by Crippen LogP contribution is -2.61. The van der Waals surface area contributed by atoms with Crippen molar-refractivity contribution in [3.63, 3.8) is 0 Å². The molecule has 5 heteroatoms. The molecule has 2 aromatic rings. The van der Waals surface area contributed by atoms with Crippen molar-refractivity contribution in [2.45, 2.75) is 57.8 Å². The number of hydrogen-bond donors (Lipinski definition) is 0. The number of aromatic nitrogens is 2. The Balaban J connectivity index is 1.15. The fourth-order valence-electron chi connectivity index (χ4n) is 4.35. The second-order valence-corrected chi connectivity index (χ2v) is 8.08. The third kappa shape index (κ3) is 4.90. The first-order valence-corrected chi connectivity index (χ1v) is 10.4. The van der Waals surface area contributed by atoms with Crippen LogP contribution in [0.5, 0.6) is 5.75 Å². The molecule has 2 fully saturated rings. The number of ether oxygens (including phenoxy) is 1. The summed E-state index contributed by atoms with van der Waals surface area (Å²) in [4.78, 5) is 9.35. The van der Waals surface area contributed by atoms with Crippen molar-refractivity contribution in [1.82, 2.24) is 19.4 Å². The summed E-state index contributed by atoms with van der Waals surface area (Å²) < 4.78 is 7.94. The fourth-order valence-corrected chi connectivity index (χ4v) is 4.35. The second-order valence-electron chi connectivity index (χ2n) is 8.08. The third-order valence-corrected chi connectivity index (χ3v) is 5.98. The van der Waals surface area contributed by atoms with E-state index < -0.39 is 0 Å². The van der Waals surface area contributed by atoms with Gasteiger partial charge in [-0.05, 0) is 50.4 Å². The zero-order valence-corrected chi connectivity index (χ0v) is 16.5. The minimum absolute atomic E-state index is 0.735. The molecule has 0 N–H and O–H groups in total. The molecule has 0 bridgehead atoms. The van der Waals surface area contributed by atoms with E-state index in [0.717, 1.165) is 44.0 Å². The van der Waals surface area contributed by atoms with Crippen molar-refractivity contribution in [3.05, 3.63) is 48.5 Å². The maximum Gasteiger partial charge on any atom is 0.119 e. The molecule has 0 spiro atoms. The molecule has 2 aliphatic rings. The summed E-state index contributed by atoms with van der Waals surface area (Å²) >= 11 is 0. The number of nitrogens with zero attached hydrogens (tertiary/aromatic N) is 4. The van der Waals surface area contributed by atoms with Crippen LogP contribution in [0.15, 0.2) is 43.0 Å². The molecule has 0 amide bonds. The van der Waals surface area contributed by atoms with Crippen LogP contribution in [-0.4, -0.2) is 57.7 Å². The summed E-state index contributed by atoms with van der Waals surface area (Å²) in [6.07, 6.45) is 10.8. The first-order valence-electron chi connectivity index (χ1n) is 10.4. The zero-order chi connectivity index (χ0) is 18.5. The van der Waals surface area contributed by atoms with Crippen molar-refractivity contribution >= 4 is 0 Å². The minimum Gasteiger partial charge on any atom is -0.494 e. The van der Waals surface area contributed by atoms with E-state index in [1.54, 1.807) is 0 Å². The highest BCUT2D eigenvalue weighted by Gasteiger charge is 2.34. The lowest BCUT2D eigenvalue weighted by Gasteiger charge is -2.49. The van der Waals surface area contributed by atoms with Gasteiger partial charge in [-0.25, -0.2) is 4.98 Å². The average molecular weight is 369 g/mol. The highest BCUT2D eigenvalue weighted by Crippen LogP contribution is 2.25. The van der Waals surface area contributed by atoms with Crippen LogP contribution in [0, 0.1) is 0 Å². The first-order chi connectivity index (χ1) is 13.3. The van der Waals surface area contributed by atoms with E-state index in [0.29, 0.717) is 0 Å². The molecule has 0 aliphatic carbocycles. The summed E-state index contributed by atoms with van der Waals surface area (Å²) in [6.45, 7) is 8.87. The Hall–Kier alpha value is -1.85. The number of piperidine rings is 1. The average Bonchev–Trinajstić information content (AvgIpc) is 3.17. The van der Waals surface area contributed by atoms with Crippen molar-refractivity contribution in [2.75, 3.05) is 26.2 Å². The van der Waals surface area contributed by atoms with E-state index in [1.807, 2.05) is 18.7 Å². The predicted octanol–water partition coefficient (Wildman–Crippen LogP) is 3.41. The standard InChI is InChI=1S/C22H32N4O/c1-19-5-2-3-12-26(19)21-16-25(17-21)15-20-6-8-22(9-7-20)27-14-4-11-24-13-10-23-18-24/h6-10,13,18-19,21H,2-5,11-12,14-17H2,1H3/t19-/m1/s1. The number of hydrogen-bond acceptors (Lipinski definition) is 4. The number of aryl methyl sites for hydroxylation is 1. The highest BCUT2D eigenvalue weighted by molar-refractivity contribution is 5.27. The van der Waals surface area contributed by atoms with E-state index >= 15 is 0 Å². The van der Waals surface area contributed by atoms with Gasteiger partial charge in [0.15, 0.2) is 0 Å². The molecule has 3 heterocycles. The predicted molar refractivity (Wildman–Crippen MR) is 108 cm³/mol. The van der Waals surface area contributed by atoms with Gasteiger partial charge in [0.25, 0.3) is 0 Å². The summed E-state index contributed by atoms with van der Waals surface area (Å²) in [6, 6.07) is 10.2. The Kier molecular flexibility index (Phi) is 6.10. The molecule has 4 rings (SSSR count). The van der Waals surface area contributed by atoms with Crippen LogP contribution in [0.3, 0.4) is 0 Å². The Morgan fingerprint density at radius 1 is 1.15 bits per heavy atom. The van der Waals surface area contributed by atoms with Crippen molar-refractivity contribution < 1.29 is 4.74 Å². The van der Waals surface area contributed by atoms with Crippen LogP contribution in [-0.2, 0) is 13.1 Å². The van der Waals surface area contributed by atoms with Crippen LogP contribution in [0.25, 0.3) is 0 Å². The largest absolute Gasteiger partial charge is 0.494 e. The molecule has 2 aliphatic heterocycles. The fraction of sp³-hybridized carbons (Fsp3) is 0.591. The lowest BCUT2D eigenvalue weighted by atomic mass is 9.97. The second kappa shape index (κ2) is 8.89. The molecule has 1 atom stereocenters. The number of benzene rings is 1. The first kappa shape index (κ1) is 18.5. The van der Waals surface area contributed by atoms with Gasteiger partial charge in [0.1, 0.15) is 5.75 Å². The summed E-state index contributed by atoms with van der Waals surface area (Å²) in [5.41, 5.74) is 1.38. The van der Waals surface area contributed by atoms with Crippen molar-refractivity contribution in [2.24, 2.45) is 0 Å². The van der Waals surface area contributed by atoms with E-state index in [9.17, 15) is 0 Å². The SMILES string of the molecule is C[C@@H]1CCCCN1C1CN(Cc2ccc(OCCCn3ccnc3)cc2)C1. The molecule has 2 saturated heterocycles. The molecule has 27 heavy (non-hydrogen) atoms. The molecular weight excluding hydrogens is 336 g/mol. The Morgan fingerprint density at radius 2 is 2.00 bits per heavy atom. The Morgan fingerprint density at radius 3 is 2.74 bits per heavy atom. The number of rotatable bonds is 8. The monoisotopic (exact) mass is 368 g/mol. The molecule has 5 nitrogen and oxygen atoms in total.